The summed E-state index contributed by atoms with van der Waals surface area (Å²) in [7, 11) is 3.21. The molecule has 0 saturated heterocycles. The third-order valence-electron chi connectivity index (χ3n) is 4.40. The average Bonchev–Trinajstić information content (AvgIpc) is 3.50. The molecule has 0 aliphatic heterocycles. The first kappa shape index (κ1) is 17.1. The molecule has 4 nitrogen and oxygen atoms in total. The van der Waals surface area contributed by atoms with Crippen LogP contribution in [0.15, 0.2) is 54.6 Å². The fourth-order valence-electron chi connectivity index (χ4n) is 2.89. The van der Waals surface area contributed by atoms with Crippen molar-refractivity contribution in [3.63, 3.8) is 0 Å². The molecular weight excluding hydrogens is 314 g/mol. The Labute approximate surface area is 148 Å². The Balaban J connectivity index is 1.70. The van der Waals surface area contributed by atoms with Crippen LogP contribution in [0.2, 0.25) is 0 Å². The zero-order valence-corrected chi connectivity index (χ0v) is 14.6. The van der Waals surface area contributed by atoms with E-state index in [1.165, 1.54) is 0 Å². The van der Waals surface area contributed by atoms with Gasteiger partial charge in [0.25, 0.3) is 0 Å². The molecule has 4 heteroatoms. The summed E-state index contributed by atoms with van der Waals surface area (Å²) in [5.41, 5.74) is 2.00. The Kier molecular flexibility index (Phi) is 5.39. The first-order valence-electron chi connectivity index (χ1n) is 8.47. The van der Waals surface area contributed by atoms with Gasteiger partial charge in [-0.05, 0) is 42.5 Å². The molecule has 1 N–H and O–H groups in total. The fraction of sp³-hybridized carbons (Fsp3) is 0.286. The molecule has 2 aromatic carbocycles. The molecule has 1 amide bonds. The Morgan fingerprint density at radius 3 is 2.52 bits per heavy atom. The normalized spacial score (nSPS) is 15.0. The molecule has 0 bridgehead atoms. The lowest BCUT2D eigenvalue weighted by Gasteiger charge is -2.17. The van der Waals surface area contributed by atoms with Gasteiger partial charge in [-0.1, -0.05) is 30.3 Å². The number of ether oxygens (including phenoxy) is 2. The molecular formula is C21H23NO3. The van der Waals surface area contributed by atoms with Gasteiger partial charge in [-0.3, -0.25) is 4.79 Å². The van der Waals surface area contributed by atoms with Crippen LogP contribution in [-0.2, 0) is 4.79 Å². The number of carbonyl (C=O) groups excluding carboxylic acids is 1. The quantitative estimate of drug-likeness (QED) is 0.777. The van der Waals surface area contributed by atoms with Gasteiger partial charge < -0.3 is 14.8 Å². The van der Waals surface area contributed by atoms with E-state index in [0.717, 1.165) is 29.7 Å². The lowest BCUT2D eigenvalue weighted by Crippen LogP contribution is -2.28. The smallest absolute Gasteiger partial charge is 0.244 e. The first-order chi connectivity index (χ1) is 12.2. The van der Waals surface area contributed by atoms with E-state index in [1.807, 2.05) is 30.3 Å². The minimum Gasteiger partial charge on any atom is -0.497 e. The van der Waals surface area contributed by atoms with Crippen LogP contribution in [0.25, 0.3) is 6.08 Å². The molecule has 0 heterocycles. The topological polar surface area (TPSA) is 47.6 Å². The summed E-state index contributed by atoms with van der Waals surface area (Å²) in [6.45, 7) is 0. The molecule has 0 aromatic heterocycles. The van der Waals surface area contributed by atoms with Crippen LogP contribution in [0.3, 0.4) is 0 Å². The zero-order chi connectivity index (χ0) is 17.6. The monoisotopic (exact) mass is 337 g/mol. The van der Waals surface area contributed by atoms with Crippen LogP contribution in [0.5, 0.6) is 11.5 Å². The summed E-state index contributed by atoms with van der Waals surface area (Å²) in [4.78, 5) is 12.4. The number of hydrogen-bond acceptors (Lipinski definition) is 3. The van der Waals surface area contributed by atoms with E-state index < -0.39 is 0 Å². The molecule has 1 fully saturated rings. The number of nitrogens with one attached hydrogen (secondary N) is 1. The van der Waals surface area contributed by atoms with Crippen molar-refractivity contribution in [2.75, 3.05) is 14.2 Å². The number of carbonyl (C=O) groups is 1. The summed E-state index contributed by atoms with van der Waals surface area (Å²) in [5, 5.41) is 3.13. The third kappa shape index (κ3) is 4.41. The van der Waals surface area contributed by atoms with E-state index in [0.29, 0.717) is 11.7 Å². The van der Waals surface area contributed by atoms with Crippen LogP contribution in [0, 0.1) is 5.92 Å². The largest absolute Gasteiger partial charge is 0.497 e. The second kappa shape index (κ2) is 7.88. The number of methoxy groups -OCH3 is 2. The molecule has 130 valence electrons. The molecule has 0 radical (unpaired) electrons. The van der Waals surface area contributed by atoms with Crippen LogP contribution in [0.1, 0.15) is 30.0 Å². The van der Waals surface area contributed by atoms with Crippen LogP contribution in [-0.4, -0.2) is 20.1 Å². The standard InChI is InChI=1S/C21H23NO3/c1-24-18-12-10-15(19(14-18)25-2)11-13-20(23)22-21(17-8-9-17)16-6-4-3-5-7-16/h3-7,10-14,17,21H,8-9H2,1-2H3,(H,22,23)/b13-11+. The van der Waals surface area contributed by atoms with E-state index in [-0.39, 0.29) is 11.9 Å². The van der Waals surface area contributed by atoms with Gasteiger partial charge in [0.1, 0.15) is 11.5 Å². The van der Waals surface area contributed by atoms with Crippen molar-refractivity contribution >= 4 is 12.0 Å². The van der Waals surface area contributed by atoms with Crippen LogP contribution >= 0.6 is 0 Å². The molecule has 1 aliphatic rings. The number of rotatable bonds is 7. The van der Waals surface area contributed by atoms with Gasteiger partial charge in [-0.2, -0.15) is 0 Å². The minimum atomic E-state index is -0.0985. The van der Waals surface area contributed by atoms with Gasteiger partial charge >= 0.3 is 0 Å². The molecule has 1 saturated carbocycles. The van der Waals surface area contributed by atoms with Crippen molar-refractivity contribution < 1.29 is 14.3 Å². The van der Waals surface area contributed by atoms with Gasteiger partial charge in [0.2, 0.25) is 5.91 Å². The average molecular weight is 337 g/mol. The molecule has 1 aliphatic carbocycles. The van der Waals surface area contributed by atoms with Gasteiger partial charge in [-0.25, -0.2) is 0 Å². The van der Waals surface area contributed by atoms with Crippen molar-refractivity contribution in [2.24, 2.45) is 5.92 Å². The fourth-order valence-corrected chi connectivity index (χ4v) is 2.89. The van der Waals surface area contributed by atoms with E-state index in [2.05, 4.69) is 17.4 Å². The van der Waals surface area contributed by atoms with Crippen molar-refractivity contribution in [3.8, 4) is 11.5 Å². The molecule has 1 unspecified atom stereocenters. The number of amides is 1. The van der Waals surface area contributed by atoms with E-state index in [4.69, 9.17) is 9.47 Å². The maximum atomic E-state index is 12.4. The SMILES string of the molecule is COc1ccc(/C=C/C(=O)NC(c2ccccc2)C2CC2)c(OC)c1. The Hall–Kier alpha value is -2.75. The van der Waals surface area contributed by atoms with Gasteiger partial charge in [0.15, 0.2) is 0 Å². The summed E-state index contributed by atoms with van der Waals surface area (Å²) in [5.74, 6) is 1.83. The van der Waals surface area contributed by atoms with Gasteiger partial charge in [-0.15, -0.1) is 0 Å². The summed E-state index contributed by atoms with van der Waals surface area (Å²) in [6, 6.07) is 15.7. The van der Waals surface area contributed by atoms with Crippen molar-refractivity contribution in [3.05, 3.63) is 65.7 Å². The molecule has 25 heavy (non-hydrogen) atoms. The first-order valence-corrected chi connectivity index (χ1v) is 8.47. The lowest BCUT2D eigenvalue weighted by atomic mass is 10.0. The predicted molar refractivity (Wildman–Crippen MR) is 98.6 cm³/mol. The van der Waals surface area contributed by atoms with Crippen LogP contribution < -0.4 is 14.8 Å². The highest BCUT2D eigenvalue weighted by atomic mass is 16.5. The lowest BCUT2D eigenvalue weighted by molar-refractivity contribution is -0.117. The minimum absolute atomic E-state index is 0.0797. The molecule has 2 aromatic rings. The van der Waals surface area contributed by atoms with Crippen molar-refractivity contribution in [2.45, 2.75) is 18.9 Å². The summed E-state index contributed by atoms with van der Waals surface area (Å²) < 4.78 is 10.5. The summed E-state index contributed by atoms with van der Waals surface area (Å²) in [6.07, 6.45) is 5.65. The number of hydrogen-bond donors (Lipinski definition) is 1. The maximum absolute atomic E-state index is 12.4. The number of benzene rings is 2. The van der Waals surface area contributed by atoms with Gasteiger partial charge in [0.05, 0.1) is 20.3 Å². The van der Waals surface area contributed by atoms with Crippen molar-refractivity contribution in [1.82, 2.24) is 5.32 Å². The Bertz CT molecular complexity index is 751. The predicted octanol–water partition coefficient (Wildman–Crippen LogP) is 3.98. The van der Waals surface area contributed by atoms with Gasteiger partial charge in [0, 0.05) is 17.7 Å². The second-order valence-corrected chi connectivity index (χ2v) is 6.18. The molecule has 1 atom stereocenters. The van der Waals surface area contributed by atoms with E-state index >= 15 is 0 Å². The highest BCUT2D eigenvalue weighted by Crippen LogP contribution is 2.40. The van der Waals surface area contributed by atoms with Crippen LogP contribution in [0.4, 0.5) is 0 Å². The molecule has 0 spiro atoms. The highest BCUT2D eigenvalue weighted by Gasteiger charge is 2.32. The van der Waals surface area contributed by atoms with Crippen molar-refractivity contribution in [1.29, 1.82) is 0 Å². The Morgan fingerprint density at radius 1 is 1.12 bits per heavy atom. The Morgan fingerprint density at radius 2 is 1.88 bits per heavy atom. The third-order valence-corrected chi connectivity index (χ3v) is 4.40. The maximum Gasteiger partial charge on any atom is 0.244 e. The molecule has 3 rings (SSSR count). The summed E-state index contributed by atoms with van der Waals surface area (Å²) >= 11 is 0. The zero-order valence-electron chi connectivity index (χ0n) is 14.6. The van der Waals surface area contributed by atoms with E-state index in [1.54, 1.807) is 32.4 Å². The highest BCUT2D eigenvalue weighted by molar-refractivity contribution is 5.92. The second-order valence-electron chi connectivity index (χ2n) is 6.18. The van der Waals surface area contributed by atoms with E-state index in [9.17, 15) is 4.79 Å².